The van der Waals surface area contributed by atoms with Gasteiger partial charge in [-0.3, -0.25) is 9.59 Å². The Labute approximate surface area is 154 Å². The number of Topliss-reactive ketones (excluding diaryl/α,β-unsaturated/α-hetero) is 1. The molecule has 2 rings (SSSR count). The monoisotopic (exact) mass is 351 g/mol. The fraction of sp³-hybridized carbons (Fsp3) is 0.318. The maximum atomic E-state index is 12.3. The predicted octanol–water partition coefficient (Wildman–Crippen LogP) is 4.91. The summed E-state index contributed by atoms with van der Waals surface area (Å²) in [6.07, 6.45) is 7.54. The second kappa shape index (κ2) is 10.3. The molecule has 0 saturated carbocycles. The molecule has 1 radical (unpaired) electrons. The number of benzene rings is 2. The first-order chi connectivity index (χ1) is 12.7. The van der Waals surface area contributed by atoms with Gasteiger partial charge < -0.3 is 4.74 Å². The van der Waals surface area contributed by atoms with Gasteiger partial charge in [0.2, 0.25) is 6.29 Å². The molecule has 2 aromatic rings. The fourth-order valence-electron chi connectivity index (χ4n) is 2.64. The van der Waals surface area contributed by atoms with Crippen LogP contribution < -0.4 is 4.74 Å². The van der Waals surface area contributed by atoms with Crippen LogP contribution in [0.25, 0.3) is 0 Å². The van der Waals surface area contributed by atoms with Gasteiger partial charge >= 0.3 is 5.97 Å². The normalized spacial score (nSPS) is 10.3. The average molecular weight is 351 g/mol. The first-order valence-electron chi connectivity index (χ1n) is 8.98. The third kappa shape index (κ3) is 5.66. The Hall–Kier alpha value is -2.75. The molecule has 0 aliphatic carbocycles. The predicted molar refractivity (Wildman–Crippen MR) is 100 cm³/mol. The third-order valence-electron chi connectivity index (χ3n) is 4.13. The van der Waals surface area contributed by atoms with Crippen molar-refractivity contribution in [1.82, 2.24) is 0 Å². The first-order valence-corrected chi connectivity index (χ1v) is 8.98. The highest BCUT2D eigenvalue weighted by atomic mass is 16.5. The Balaban J connectivity index is 2.01. The van der Waals surface area contributed by atoms with E-state index in [0.717, 1.165) is 25.7 Å². The Morgan fingerprint density at radius 2 is 1.65 bits per heavy atom. The summed E-state index contributed by atoms with van der Waals surface area (Å²) in [5.41, 5.74) is 0.904. The van der Waals surface area contributed by atoms with Crippen LogP contribution in [-0.2, 0) is 4.79 Å². The lowest BCUT2D eigenvalue weighted by Crippen LogP contribution is -2.10. The van der Waals surface area contributed by atoms with Crippen molar-refractivity contribution in [2.45, 2.75) is 45.4 Å². The maximum absolute atomic E-state index is 12.3. The van der Waals surface area contributed by atoms with Crippen molar-refractivity contribution in [1.29, 1.82) is 0 Å². The molecule has 4 heteroatoms. The van der Waals surface area contributed by atoms with E-state index >= 15 is 0 Å². The van der Waals surface area contributed by atoms with Crippen molar-refractivity contribution in [3.63, 3.8) is 0 Å². The molecule has 0 saturated heterocycles. The summed E-state index contributed by atoms with van der Waals surface area (Å²) in [4.78, 5) is 35.6. The van der Waals surface area contributed by atoms with Crippen molar-refractivity contribution >= 4 is 18.0 Å². The Morgan fingerprint density at radius 1 is 0.923 bits per heavy atom. The quantitative estimate of drug-likeness (QED) is 0.264. The number of hydrogen-bond acceptors (Lipinski definition) is 4. The molecule has 0 aromatic heterocycles. The molecule has 135 valence electrons. The second-order valence-electron chi connectivity index (χ2n) is 6.16. The number of esters is 1. The van der Waals surface area contributed by atoms with Gasteiger partial charge in [0, 0.05) is 12.0 Å². The van der Waals surface area contributed by atoms with Crippen molar-refractivity contribution in [3.05, 3.63) is 65.2 Å². The summed E-state index contributed by atoms with van der Waals surface area (Å²) in [7, 11) is 0. The number of carbonyl (C=O) groups is 2. The molecule has 0 bridgehead atoms. The lowest BCUT2D eigenvalue weighted by Gasteiger charge is -2.08. The second-order valence-corrected chi connectivity index (χ2v) is 6.16. The van der Waals surface area contributed by atoms with E-state index in [9.17, 15) is 14.4 Å². The maximum Gasteiger partial charge on any atom is 0.343 e. The van der Waals surface area contributed by atoms with Gasteiger partial charge in [0.05, 0.1) is 11.1 Å². The first kappa shape index (κ1) is 19.6. The number of ether oxygens (including phenoxy) is 1. The lowest BCUT2D eigenvalue weighted by molar-refractivity contribution is 0.0734. The Kier molecular flexibility index (Phi) is 7.75. The van der Waals surface area contributed by atoms with Crippen LogP contribution in [-0.4, -0.2) is 18.0 Å². The molecule has 0 fully saturated rings. The van der Waals surface area contributed by atoms with E-state index in [1.165, 1.54) is 18.6 Å². The molecule has 0 heterocycles. The topological polar surface area (TPSA) is 60.4 Å². The number of unbranched alkanes of at least 4 members (excludes halogenated alkanes) is 4. The van der Waals surface area contributed by atoms with E-state index in [-0.39, 0.29) is 17.1 Å². The molecular weight excluding hydrogens is 328 g/mol. The molecule has 0 aliphatic heterocycles. The SMILES string of the molecule is CCCCCCCC(=O)c1ccc(OC(=O)c2ccccc2)c([C]=O)c1. The Bertz CT molecular complexity index is 750. The third-order valence-corrected chi connectivity index (χ3v) is 4.13. The van der Waals surface area contributed by atoms with Gasteiger partial charge in [-0.2, -0.15) is 0 Å². The van der Waals surface area contributed by atoms with Crippen LogP contribution in [0.2, 0.25) is 0 Å². The van der Waals surface area contributed by atoms with Gasteiger partial charge in [-0.1, -0.05) is 50.8 Å². The van der Waals surface area contributed by atoms with Crippen LogP contribution in [0, 0.1) is 0 Å². The van der Waals surface area contributed by atoms with Crippen LogP contribution in [0.1, 0.15) is 71.7 Å². The number of carbonyl (C=O) groups excluding carboxylic acids is 3. The van der Waals surface area contributed by atoms with Gasteiger partial charge in [-0.05, 0) is 36.8 Å². The minimum atomic E-state index is -0.558. The average Bonchev–Trinajstić information content (AvgIpc) is 2.68. The summed E-state index contributed by atoms with van der Waals surface area (Å²) in [6, 6.07) is 13.0. The number of rotatable bonds is 10. The number of hydrogen-bond donors (Lipinski definition) is 0. The van der Waals surface area contributed by atoms with Crippen molar-refractivity contribution in [3.8, 4) is 5.75 Å². The largest absolute Gasteiger partial charge is 0.422 e. The molecule has 26 heavy (non-hydrogen) atoms. The summed E-state index contributed by atoms with van der Waals surface area (Å²) in [6.45, 7) is 2.15. The van der Waals surface area contributed by atoms with E-state index in [2.05, 4.69) is 6.92 Å². The van der Waals surface area contributed by atoms with E-state index in [0.29, 0.717) is 17.5 Å². The van der Waals surface area contributed by atoms with Crippen molar-refractivity contribution < 1.29 is 19.1 Å². The van der Waals surface area contributed by atoms with Gasteiger partial charge in [0.15, 0.2) is 5.78 Å². The highest BCUT2D eigenvalue weighted by Crippen LogP contribution is 2.21. The summed E-state index contributed by atoms with van der Waals surface area (Å²) in [5.74, 6) is -0.468. The smallest absolute Gasteiger partial charge is 0.343 e. The molecule has 0 unspecified atom stereocenters. The molecular formula is C22H23O4. The molecule has 0 spiro atoms. The van der Waals surface area contributed by atoms with E-state index < -0.39 is 5.97 Å². The van der Waals surface area contributed by atoms with Crippen LogP contribution in [0.3, 0.4) is 0 Å². The summed E-state index contributed by atoms with van der Waals surface area (Å²) < 4.78 is 5.27. The minimum Gasteiger partial charge on any atom is -0.422 e. The summed E-state index contributed by atoms with van der Waals surface area (Å²) >= 11 is 0. The van der Waals surface area contributed by atoms with Crippen LogP contribution in [0.5, 0.6) is 5.75 Å². The molecule has 0 N–H and O–H groups in total. The van der Waals surface area contributed by atoms with Gasteiger partial charge in [-0.15, -0.1) is 0 Å². The minimum absolute atomic E-state index is 0.0149. The van der Waals surface area contributed by atoms with Gasteiger partial charge in [-0.25, -0.2) is 4.79 Å². The van der Waals surface area contributed by atoms with Gasteiger partial charge in [0.1, 0.15) is 5.75 Å². The summed E-state index contributed by atoms with van der Waals surface area (Å²) in [5, 5.41) is 0. The van der Waals surface area contributed by atoms with E-state index in [1.807, 2.05) is 0 Å². The lowest BCUT2D eigenvalue weighted by atomic mass is 10.0. The van der Waals surface area contributed by atoms with Crippen LogP contribution in [0.15, 0.2) is 48.5 Å². The molecule has 4 nitrogen and oxygen atoms in total. The fourth-order valence-corrected chi connectivity index (χ4v) is 2.64. The highest BCUT2D eigenvalue weighted by molar-refractivity contribution is 5.99. The molecule has 0 amide bonds. The van der Waals surface area contributed by atoms with E-state index in [4.69, 9.17) is 4.74 Å². The van der Waals surface area contributed by atoms with Crippen molar-refractivity contribution in [2.75, 3.05) is 0 Å². The standard InChI is InChI=1S/C22H23O4/c1-2-3-4-5-9-12-20(24)18-13-14-21(19(15-18)16-23)26-22(25)17-10-7-6-8-11-17/h6-8,10-11,13-15H,2-5,9,12H2,1H3. The number of ketones is 1. The molecule has 0 aliphatic rings. The zero-order chi connectivity index (χ0) is 18.8. The zero-order valence-corrected chi connectivity index (χ0v) is 15.0. The highest BCUT2D eigenvalue weighted by Gasteiger charge is 2.14. The molecule has 2 aromatic carbocycles. The van der Waals surface area contributed by atoms with Crippen molar-refractivity contribution in [2.24, 2.45) is 0 Å². The van der Waals surface area contributed by atoms with Gasteiger partial charge in [0.25, 0.3) is 0 Å². The van der Waals surface area contributed by atoms with E-state index in [1.54, 1.807) is 42.7 Å². The van der Waals surface area contributed by atoms with Crippen LogP contribution in [0.4, 0.5) is 0 Å². The van der Waals surface area contributed by atoms with Crippen LogP contribution >= 0.6 is 0 Å². The zero-order valence-electron chi connectivity index (χ0n) is 15.0. The molecule has 0 atom stereocenters. The Morgan fingerprint density at radius 3 is 2.35 bits per heavy atom.